The number of benzene rings is 3. The molecule has 3 rings (SSSR count). The zero-order valence-electron chi connectivity index (χ0n) is 14.5. The van der Waals surface area contributed by atoms with Crippen molar-refractivity contribution in [3.8, 4) is 33.8 Å². The molecule has 0 unspecified atom stereocenters. The van der Waals surface area contributed by atoms with E-state index in [0.29, 0.717) is 0 Å². The molecule has 0 radical (unpaired) electrons. The summed E-state index contributed by atoms with van der Waals surface area (Å²) >= 11 is 0. The Morgan fingerprint density at radius 1 is 0.577 bits per heavy atom. The first kappa shape index (κ1) is 18.0. The van der Waals surface area contributed by atoms with Gasteiger partial charge in [0, 0.05) is 0 Å². The van der Waals surface area contributed by atoms with Gasteiger partial charge in [-0.05, 0) is 46.5 Å². The van der Waals surface area contributed by atoms with Gasteiger partial charge in [-0.15, -0.1) is 0 Å². The van der Waals surface area contributed by atoms with Crippen LogP contribution in [0.2, 0.25) is 0 Å². The normalized spacial score (nSPS) is 10.5. The van der Waals surface area contributed by atoms with Crippen LogP contribution in [0.3, 0.4) is 0 Å². The first-order valence-electron chi connectivity index (χ1n) is 8.59. The molecular weight excluding hydrogens is 328 g/mol. The van der Waals surface area contributed by atoms with E-state index in [1.54, 1.807) is 0 Å². The molecule has 0 saturated heterocycles. The molecule has 0 heterocycles. The molecule has 4 heteroatoms. The van der Waals surface area contributed by atoms with Crippen LogP contribution in [-0.4, -0.2) is 36.6 Å². The second kappa shape index (κ2) is 9.04. The lowest BCUT2D eigenvalue weighted by molar-refractivity contribution is 0.201. The molecule has 26 heavy (non-hydrogen) atoms. The number of aliphatic hydroxyl groups is 2. The summed E-state index contributed by atoms with van der Waals surface area (Å²) in [5, 5.41) is 17.8. The quantitative estimate of drug-likeness (QED) is 0.649. The Hall–Kier alpha value is -2.82. The van der Waals surface area contributed by atoms with E-state index >= 15 is 0 Å². The standard InChI is InChI=1S/C22H22O4/c23-12-14-25-19-8-6-18(7-9-19)21-11-10-20(26-15-13-24)16-22(21)17-4-2-1-3-5-17/h1-11,16,23-24H,12-15H2. The second-order valence-corrected chi connectivity index (χ2v) is 5.74. The van der Waals surface area contributed by atoms with Crippen molar-refractivity contribution in [1.82, 2.24) is 0 Å². The Bertz CT molecular complexity index is 813. The van der Waals surface area contributed by atoms with Crippen LogP contribution in [0.5, 0.6) is 11.5 Å². The number of rotatable bonds is 8. The van der Waals surface area contributed by atoms with E-state index in [2.05, 4.69) is 12.1 Å². The highest BCUT2D eigenvalue weighted by molar-refractivity contribution is 5.84. The monoisotopic (exact) mass is 350 g/mol. The molecule has 0 aliphatic carbocycles. The Morgan fingerprint density at radius 3 is 1.81 bits per heavy atom. The molecule has 0 aromatic heterocycles. The maximum absolute atomic E-state index is 8.98. The Morgan fingerprint density at radius 2 is 1.15 bits per heavy atom. The van der Waals surface area contributed by atoms with E-state index in [1.165, 1.54) is 0 Å². The van der Waals surface area contributed by atoms with Crippen LogP contribution in [0.25, 0.3) is 22.3 Å². The Kier molecular flexibility index (Phi) is 6.25. The number of hydrogen-bond acceptors (Lipinski definition) is 4. The van der Waals surface area contributed by atoms with Gasteiger partial charge < -0.3 is 19.7 Å². The first-order chi connectivity index (χ1) is 12.8. The minimum Gasteiger partial charge on any atom is -0.491 e. The first-order valence-corrected chi connectivity index (χ1v) is 8.59. The molecule has 134 valence electrons. The van der Waals surface area contributed by atoms with Gasteiger partial charge in [-0.1, -0.05) is 48.5 Å². The van der Waals surface area contributed by atoms with E-state index in [1.807, 2.05) is 60.7 Å². The third-order valence-electron chi connectivity index (χ3n) is 3.96. The lowest BCUT2D eigenvalue weighted by Crippen LogP contribution is -2.02. The fraction of sp³-hybridized carbons (Fsp3) is 0.182. The Balaban J connectivity index is 1.97. The minimum absolute atomic E-state index is 0.00475. The molecule has 3 aromatic carbocycles. The van der Waals surface area contributed by atoms with Crippen LogP contribution in [0.15, 0.2) is 72.8 Å². The van der Waals surface area contributed by atoms with E-state index in [-0.39, 0.29) is 26.4 Å². The molecule has 0 fully saturated rings. The molecule has 4 nitrogen and oxygen atoms in total. The molecule has 0 bridgehead atoms. The molecule has 0 atom stereocenters. The maximum Gasteiger partial charge on any atom is 0.120 e. The van der Waals surface area contributed by atoms with Gasteiger partial charge in [0.25, 0.3) is 0 Å². The summed E-state index contributed by atoms with van der Waals surface area (Å²) in [6.07, 6.45) is 0. The van der Waals surface area contributed by atoms with Crippen molar-refractivity contribution in [2.75, 3.05) is 26.4 Å². The molecule has 0 saturated carbocycles. The van der Waals surface area contributed by atoms with Gasteiger partial charge in [-0.3, -0.25) is 0 Å². The van der Waals surface area contributed by atoms with Crippen LogP contribution >= 0.6 is 0 Å². The van der Waals surface area contributed by atoms with Crippen molar-refractivity contribution < 1.29 is 19.7 Å². The largest absolute Gasteiger partial charge is 0.491 e. The maximum atomic E-state index is 8.98. The molecule has 2 N–H and O–H groups in total. The van der Waals surface area contributed by atoms with E-state index in [9.17, 15) is 0 Å². The molecule has 3 aromatic rings. The van der Waals surface area contributed by atoms with Crippen LogP contribution < -0.4 is 9.47 Å². The zero-order valence-corrected chi connectivity index (χ0v) is 14.5. The third-order valence-corrected chi connectivity index (χ3v) is 3.96. The van der Waals surface area contributed by atoms with Crippen LogP contribution in [0.1, 0.15) is 0 Å². The summed E-state index contributed by atoms with van der Waals surface area (Å²) in [6, 6.07) is 23.9. The van der Waals surface area contributed by atoms with Gasteiger partial charge >= 0.3 is 0 Å². The predicted octanol–water partition coefficient (Wildman–Crippen LogP) is 3.76. The molecule has 0 aliphatic rings. The average Bonchev–Trinajstić information content (AvgIpc) is 2.71. The lowest BCUT2D eigenvalue weighted by Gasteiger charge is -2.14. The topological polar surface area (TPSA) is 58.9 Å². The highest BCUT2D eigenvalue weighted by atomic mass is 16.5. The molecule has 0 amide bonds. The van der Waals surface area contributed by atoms with E-state index in [4.69, 9.17) is 19.7 Å². The van der Waals surface area contributed by atoms with Crippen molar-refractivity contribution in [3.63, 3.8) is 0 Å². The third kappa shape index (κ3) is 4.42. The van der Waals surface area contributed by atoms with Gasteiger partial charge in [-0.25, -0.2) is 0 Å². The van der Waals surface area contributed by atoms with Crippen molar-refractivity contribution in [2.24, 2.45) is 0 Å². The zero-order chi connectivity index (χ0) is 18.2. The Labute approximate surface area is 153 Å². The van der Waals surface area contributed by atoms with Gasteiger partial charge in [-0.2, -0.15) is 0 Å². The molecular formula is C22H22O4. The highest BCUT2D eigenvalue weighted by Gasteiger charge is 2.10. The summed E-state index contributed by atoms with van der Waals surface area (Å²) in [6.45, 7) is 0.531. The second-order valence-electron chi connectivity index (χ2n) is 5.74. The van der Waals surface area contributed by atoms with Gasteiger partial charge in [0.05, 0.1) is 13.2 Å². The van der Waals surface area contributed by atoms with Crippen molar-refractivity contribution in [1.29, 1.82) is 0 Å². The van der Waals surface area contributed by atoms with Gasteiger partial charge in [0.1, 0.15) is 24.7 Å². The van der Waals surface area contributed by atoms with Crippen LogP contribution in [0, 0.1) is 0 Å². The summed E-state index contributed by atoms with van der Waals surface area (Å²) < 4.78 is 11.0. The number of hydrogen-bond donors (Lipinski definition) is 2. The van der Waals surface area contributed by atoms with Crippen molar-refractivity contribution in [3.05, 3.63) is 72.8 Å². The SMILES string of the molecule is OCCOc1ccc(-c2ccc(OCCO)cc2-c2ccccc2)cc1. The van der Waals surface area contributed by atoms with E-state index in [0.717, 1.165) is 33.8 Å². The lowest BCUT2D eigenvalue weighted by atomic mass is 9.94. The fourth-order valence-corrected chi connectivity index (χ4v) is 2.78. The van der Waals surface area contributed by atoms with Crippen LogP contribution in [0.4, 0.5) is 0 Å². The molecule has 0 spiro atoms. The summed E-state index contributed by atoms with van der Waals surface area (Å²) in [4.78, 5) is 0. The van der Waals surface area contributed by atoms with Crippen molar-refractivity contribution in [2.45, 2.75) is 0 Å². The van der Waals surface area contributed by atoms with Gasteiger partial charge in [0.2, 0.25) is 0 Å². The highest BCUT2D eigenvalue weighted by Crippen LogP contribution is 2.35. The molecule has 0 aliphatic heterocycles. The van der Waals surface area contributed by atoms with Crippen molar-refractivity contribution >= 4 is 0 Å². The summed E-state index contributed by atoms with van der Waals surface area (Å²) in [5.74, 6) is 1.46. The fourth-order valence-electron chi connectivity index (χ4n) is 2.78. The number of ether oxygens (including phenoxy) is 2. The van der Waals surface area contributed by atoms with Crippen LogP contribution in [-0.2, 0) is 0 Å². The minimum atomic E-state index is -0.0161. The predicted molar refractivity (Wildman–Crippen MR) is 102 cm³/mol. The number of aliphatic hydroxyl groups excluding tert-OH is 2. The van der Waals surface area contributed by atoms with E-state index < -0.39 is 0 Å². The smallest absolute Gasteiger partial charge is 0.120 e. The summed E-state index contributed by atoms with van der Waals surface area (Å²) in [5.41, 5.74) is 4.30. The van der Waals surface area contributed by atoms with Gasteiger partial charge in [0.15, 0.2) is 0 Å². The summed E-state index contributed by atoms with van der Waals surface area (Å²) in [7, 11) is 0. The average molecular weight is 350 g/mol.